The lowest BCUT2D eigenvalue weighted by molar-refractivity contribution is 0.521. The maximum Gasteiger partial charge on any atom is 0.0178 e. The molecule has 1 nitrogen and oxygen atoms in total. The Labute approximate surface area is 130 Å². The summed E-state index contributed by atoms with van der Waals surface area (Å²) in [6, 6.07) is 17.9. The predicted octanol–water partition coefficient (Wildman–Crippen LogP) is 4.52. The van der Waals surface area contributed by atoms with Gasteiger partial charge in [-0.15, -0.1) is 0 Å². The molecule has 20 heavy (non-hydrogen) atoms. The Hall–Kier alpha value is -1.12. The van der Waals surface area contributed by atoms with Gasteiger partial charge in [-0.25, -0.2) is 0 Å². The fourth-order valence-electron chi connectivity index (χ4n) is 2.58. The first-order valence-electron chi connectivity index (χ1n) is 7.20. The van der Waals surface area contributed by atoms with E-state index in [2.05, 4.69) is 83.6 Å². The van der Waals surface area contributed by atoms with E-state index in [4.69, 9.17) is 0 Å². The zero-order valence-electron chi connectivity index (χ0n) is 12.2. The van der Waals surface area contributed by atoms with Crippen molar-refractivity contribution >= 4 is 15.9 Å². The molecule has 1 atom stereocenters. The first-order chi connectivity index (χ1) is 9.67. The molecule has 2 heteroatoms. The Kier molecular flexibility index (Phi) is 5.81. The molecule has 1 N–H and O–H groups in total. The van der Waals surface area contributed by atoms with Crippen molar-refractivity contribution in [1.82, 2.24) is 5.32 Å². The van der Waals surface area contributed by atoms with Crippen molar-refractivity contribution in [3.8, 4) is 0 Å². The van der Waals surface area contributed by atoms with Gasteiger partial charge in [0.25, 0.3) is 0 Å². The molecule has 0 bridgehead atoms. The summed E-state index contributed by atoms with van der Waals surface area (Å²) in [4.78, 5) is 0. The highest BCUT2D eigenvalue weighted by atomic mass is 79.9. The fraction of sp³-hybridized carbons (Fsp3) is 0.333. The van der Waals surface area contributed by atoms with Gasteiger partial charge in [-0.2, -0.15) is 0 Å². The van der Waals surface area contributed by atoms with E-state index in [1.165, 1.54) is 16.7 Å². The summed E-state index contributed by atoms with van der Waals surface area (Å²) in [6.45, 7) is 5.33. The van der Waals surface area contributed by atoms with Crippen LogP contribution in [0.2, 0.25) is 0 Å². The average Bonchev–Trinajstić information content (AvgIpc) is 2.39. The van der Waals surface area contributed by atoms with Crippen LogP contribution in [0.15, 0.2) is 53.0 Å². The van der Waals surface area contributed by atoms with Crippen molar-refractivity contribution in [2.75, 3.05) is 6.54 Å². The molecule has 2 aromatic carbocycles. The Morgan fingerprint density at radius 1 is 1.00 bits per heavy atom. The zero-order valence-corrected chi connectivity index (χ0v) is 13.8. The summed E-state index contributed by atoms with van der Waals surface area (Å²) < 4.78 is 1.15. The first-order valence-corrected chi connectivity index (χ1v) is 8.00. The van der Waals surface area contributed by atoms with Crippen molar-refractivity contribution in [1.29, 1.82) is 0 Å². The second-order valence-electron chi connectivity index (χ2n) is 5.28. The summed E-state index contributed by atoms with van der Waals surface area (Å²) in [5, 5.41) is 3.60. The van der Waals surface area contributed by atoms with Crippen molar-refractivity contribution < 1.29 is 0 Å². The zero-order chi connectivity index (χ0) is 14.4. The molecule has 0 heterocycles. The molecule has 106 valence electrons. The predicted molar refractivity (Wildman–Crippen MR) is 90.2 cm³/mol. The number of aryl methyl sites for hydroxylation is 1. The maximum absolute atomic E-state index is 3.60. The number of halogens is 1. The van der Waals surface area contributed by atoms with Crippen molar-refractivity contribution in [2.24, 2.45) is 0 Å². The number of hydrogen-bond donors (Lipinski definition) is 1. The third kappa shape index (κ3) is 4.77. The van der Waals surface area contributed by atoms with Gasteiger partial charge >= 0.3 is 0 Å². The van der Waals surface area contributed by atoms with E-state index in [-0.39, 0.29) is 0 Å². The third-order valence-corrected chi connectivity index (χ3v) is 3.92. The molecule has 0 saturated carbocycles. The van der Waals surface area contributed by atoms with E-state index in [1.54, 1.807) is 0 Å². The minimum atomic E-state index is 0.483. The topological polar surface area (TPSA) is 12.0 Å². The first kappa shape index (κ1) is 15.3. The van der Waals surface area contributed by atoms with E-state index in [9.17, 15) is 0 Å². The Morgan fingerprint density at radius 2 is 1.65 bits per heavy atom. The fourth-order valence-corrected chi connectivity index (χ4v) is 3.02. The molecule has 0 radical (unpaired) electrons. The van der Waals surface area contributed by atoms with Crippen LogP contribution in [-0.4, -0.2) is 12.6 Å². The minimum Gasteiger partial charge on any atom is -0.314 e. The molecule has 0 aromatic heterocycles. The van der Waals surface area contributed by atoms with Gasteiger partial charge in [0.2, 0.25) is 0 Å². The lowest BCUT2D eigenvalue weighted by atomic mass is 9.98. The Morgan fingerprint density at radius 3 is 2.25 bits per heavy atom. The van der Waals surface area contributed by atoms with Crippen LogP contribution in [0.25, 0.3) is 0 Å². The second kappa shape index (κ2) is 7.61. The standard InChI is InChI=1S/C18H22BrN/c1-3-20-18(12-15-7-4-6-14(2)10-15)13-16-8-5-9-17(19)11-16/h4-11,18,20H,3,12-13H2,1-2H3. The summed E-state index contributed by atoms with van der Waals surface area (Å²) in [5.41, 5.74) is 4.11. The van der Waals surface area contributed by atoms with Crippen molar-refractivity contribution in [3.63, 3.8) is 0 Å². The van der Waals surface area contributed by atoms with Crippen LogP contribution in [0.3, 0.4) is 0 Å². The van der Waals surface area contributed by atoms with Crippen molar-refractivity contribution in [2.45, 2.75) is 32.7 Å². The molecule has 2 aromatic rings. The molecule has 0 aliphatic rings. The maximum atomic E-state index is 3.60. The van der Waals surface area contributed by atoms with E-state index in [0.717, 1.165) is 23.9 Å². The highest BCUT2D eigenvalue weighted by Gasteiger charge is 2.10. The van der Waals surface area contributed by atoms with E-state index < -0.39 is 0 Å². The second-order valence-corrected chi connectivity index (χ2v) is 6.20. The largest absolute Gasteiger partial charge is 0.314 e. The van der Waals surface area contributed by atoms with Gasteiger partial charge in [0.1, 0.15) is 0 Å². The van der Waals surface area contributed by atoms with Crippen molar-refractivity contribution in [3.05, 3.63) is 69.7 Å². The van der Waals surface area contributed by atoms with Crippen LogP contribution in [0.1, 0.15) is 23.6 Å². The smallest absolute Gasteiger partial charge is 0.0178 e. The number of likely N-dealkylation sites (N-methyl/N-ethyl adjacent to an activating group) is 1. The minimum absolute atomic E-state index is 0.483. The summed E-state index contributed by atoms with van der Waals surface area (Å²) in [5.74, 6) is 0. The molecule has 1 unspecified atom stereocenters. The quantitative estimate of drug-likeness (QED) is 0.820. The molecule has 0 fully saturated rings. The summed E-state index contributed by atoms with van der Waals surface area (Å²) >= 11 is 3.55. The molecule has 0 spiro atoms. The molecule has 0 amide bonds. The number of nitrogens with one attached hydrogen (secondary N) is 1. The Balaban J connectivity index is 2.07. The van der Waals surface area contributed by atoms with Gasteiger partial charge < -0.3 is 5.32 Å². The number of rotatable bonds is 6. The molecule has 0 saturated heterocycles. The molecular formula is C18H22BrN. The van der Waals surface area contributed by atoms with E-state index in [1.807, 2.05) is 0 Å². The monoisotopic (exact) mass is 331 g/mol. The van der Waals surface area contributed by atoms with Crippen LogP contribution < -0.4 is 5.32 Å². The third-order valence-electron chi connectivity index (χ3n) is 3.43. The van der Waals surface area contributed by atoms with Gasteiger partial charge in [0.05, 0.1) is 0 Å². The Bertz CT molecular complexity index is 503. The molecular weight excluding hydrogens is 310 g/mol. The van der Waals surface area contributed by atoms with Crippen LogP contribution in [0.5, 0.6) is 0 Å². The van der Waals surface area contributed by atoms with E-state index >= 15 is 0 Å². The lowest BCUT2D eigenvalue weighted by Crippen LogP contribution is -2.33. The van der Waals surface area contributed by atoms with Crippen LogP contribution in [0.4, 0.5) is 0 Å². The van der Waals surface area contributed by atoms with Crippen LogP contribution in [-0.2, 0) is 12.8 Å². The van der Waals surface area contributed by atoms with Gasteiger partial charge in [-0.05, 0) is 49.6 Å². The van der Waals surface area contributed by atoms with Gasteiger partial charge in [-0.1, -0.05) is 64.8 Å². The van der Waals surface area contributed by atoms with Crippen LogP contribution in [0, 0.1) is 6.92 Å². The number of benzene rings is 2. The number of hydrogen-bond acceptors (Lipinski definition) is 1. The van der Waals surface area contributed by atoms with Gasteiger partial charge in [0, 0.05) is 10.5 Å². The van der Waals surface area contributed by atoms with Gasteiger partial charge in [0.15, 0.2) is 0 Å². The highest BCUT2D eigenvalue weighted by Crippen LogP contribution is 2.15. The highest BCUT2D eigenvalue weighted by molar-refractivity contribution is 9.10. The van der Waals surface area contributed by atoms with Crippen LogP contribution >= 0.6 is 15.9 Å². The molecule has 2 rings (SSSR count). The molecule has 0 aliphatic heterocycles. The average molecular weight is 332 g/mol. The summed E-state index contributed by atoms with van der Waals surface area (Å²) in [7, 11) is 0. The SMILES string of the molecule is CCNC(Cc1cccc(C)c1)Cc1cccc(Br)c1. The van der Waals surface area contributed by atoms with E-state index in [0.29, 0.717) is 6.04 Å². The van der Waals surface area contributed by atoms with Gasteiger partial charge in [-0.3, -0.25) is 0 Å². The molecule has 0 aliphatic carbocycles. The summed E-state index contributed by atoms with van der Waals surface area (Å²) in [6.07, 6.45) is 2.13. The lowest BCUT2D eigenvalue weighted by Gasteiger charge is -2.18. The normalized spacial score (nSPS) is 12.3.